The number of para-hydroxylation sites is 1. The van der Waals surface area contributed by atoms with E-state index in [1.165, 1.54) is 6.07 Å². The van der Waals surface area contributed by atoms with Gasteiger partial charge in [0.15, 0.2) is 0 Å². The quantitative estimate of drug-likeness (QED) is 0.655. The van der Waals surface area contributed by atoms with Crippen LogP contribution in [0.2, 0.25) is 0 Å². The van der Waals surface area contributed by atoms with Crippen LogP contribution in [0.5, 0.6) is 0 Å². The van der Waals surface area contributed by atoms with Crippen LogP contribution in [0, 0.1) is 18.2 Å². The lowest BCUT2D eigenvalue weighted by molar-refractivity contribution is 0.627. The smallest absolute Gasteiger partial charge is 0.146 e. The van der Waals surface area contributed by atoms with Gasteiger partial charge in [-0.3, -0.25) is 5.41 Å². The highest BCUT2D eigenvalue weighted by Crippen LogP contribution is 2.29. The standard InChI is InChI=1S/C15H16FN3/c1-10-7-8-13(11(9-10)15(17)18)19(2)14-6-4-3-5-12(14)16/h3-9H,1-2H3,(H3,17,18). The van der Waals surface area contributed by atoms with E-state index in [-0.39, 0.29) is 11.7 Å². The molecule has 2 aromatic rings. The molecular weight excluding hydrogens is 241 g/mol. The van der Waals surface area contributed by atoms with Crippen molar-refractivity contribution >= 4 is 17.2 Å². The Balaban J connectivity index is 2.53. The van der Waals surface area contributed by atoms with Gasteiger partial charge in [-0.2, -0.15) is 0 Å². The number of hydrogen-bond acceptors (Lipinski definition) is 2. The van der Waals surface area contributed by atoms with Crippen molar-refractivity contribution in [2.24, 2.45) is 5.73 Å². The van der Waals surface area contributed by atoms with Crippen LogP contribution in [0.3, 0.4) is 0 Å². The van der Waals surface area contributed by atoms with Crippen LogP contribution in [-0.2, 0) is 0 Å². The molecule has 0 aromatic heterocycles. The fraction of sp³-hybridized carbons (Fsp3) is 0.133. The Hall–Kier alpha value is -2.36. The number of aryl methyl sites for hydroxylation is 1. The highest BCUT2D eigenvalue weighted by molar-refractivity contribution is 6.01. The Labute approximate surface area is 112 Å². The number of nitrogen functional groups attached to an aromatic ring is 1. The number of hydrogen-bond donors (Lipinski definition) is 2. The predicted molar refractivity (Wildman–Crippen MR) is 76.7 cm³/mol. The van der Waals surface area contributed by atoms with Crippen LogP contribution >= 0.6 is 0 Å². The van der Waals surface area contributed by atoms with Crippen molar-refractivity contribution in [3.8, 4) is 0 Å². The van der Waals surface area contributed by atoms with E-state index in [9.17, 15) is 4.39 Å². The Kier molecular flexibility index (Phi) is 3.51. The van der Waals surface area contributed by atoms with Crippen LogP contribution in [0.4, 0.5) is 15.8 Å². The molecule has 0 aliphatic carbocycles. The normalized spacial score (nSPS) is 10.3. The summed E-state index contributed by atoms with van der Waals surface area (Å²) in [7, 11) is 1.76. The maximum Gasteiger partial charge on any atom is 0.146 e. The summed E-state index contributed by atoms with van der Waals surface area (Å²) in [5.41, 5.74) is 8.38. The largest absolute Gasteiger partial charge is 0.384 e. The lowest BCUT2D eigenvalue weighted by Crippen LogP contribution is -2.19. The number of nitrogens with zero attached hydrogens (tertiary/aromatic N) is 1. The molecule has 0 bridgehead atoms. The van der Waals surface area contributed by atoms with Gasteiger partial charge in [0, 0.05) is 12.6 Å². The van der Waals surface area contributed by atoms with Crippen molar-refractivity contribution in [3.63, 3.8) is 0 Å². The van der Waals surface area contributed by atoms with E-state index in [2.05, 4.69) is 0 Å². The van der Waals surface area contributed by atoms with Crippen LogP contribution in [0.25, 0.3) is 0 Å². The molecular formula is C15H16FN3. The zero-order chi connectivity index (χ0) is 14.0. The molecule has 0 fully saturated rings. The van der Waals surface area contributed by atoms with Gasteiger partial charge in [0.25, 0.3) is 0 Å². The van der Waals surface area contributed by atoms with Crippen molar-refractivity contribution in [2.45, 2.75) is 6.92 Å². The minimum absolute atomic E-state index is 0.0260. The molecule has 2 aromatic carbocycles. The third-order valence-corrected chi connectivity index (χ3v) is 3.02. The molecule has 0 aliphatic heterocycles. The first-order valence-corrected chi connectivity index (χ1v) is 5.94. The lowest BCUT2D eigenvalue weighted by atomic mass is 10.1. The maximum absolute atomic E-state index is 13.8. The molecule has 0 spiro atoms. The molecule has 19 heavy (non-hydrogen) atoms. The Bertz CT molecular complexity index is 623. The average Bonchev–Trinajstić information content (AvgIpc) is 2.38. The van der Waals surface area contributed by atoms with Crippen molar-refractivity contribution in [3.05, 3.63) is 59.4 Å². The third kappa shape index (κ3) is 2.57. The second-order valence-electron chi connectivity index (χ2n) is 4.44. The summed E-state index contributed by atoms with van der Waals surface area (Å²) in [6, 6.07) is 12.1. The van der Waals surface area contributed by atoms with Crippen LogP contribution in [-0.4, -0.2) is 12.9 Å². The minimum Gasteiger partial charge on any atom is -0.384 e. The molecule has 0 aliphatic rings. The van der Waals surface area contributed by atoms with Crippen LogP contribution in [0.15, 0.2) is 42.5 Å². The summed E-state index contributed by atoms with van der Waals surface area (Å²) in [6.45, 7) is 1.93. The van der Waals surface area contributed by atoms with E-state index < -0.39 is 0 Å². The van der Waals surface area contributed by atoms with Gasteiger partial charge < -0.3 is 10.6 Å². The van der Waals surface area contributed by atoms with Crippen LogP contribution < -0.4 is 10.6 Å². The van der Waals surface area contributed by atoms with Crippen molar-refractivity contribution in [1.82, 2.24) is 0 Å². The second-order valence-corrected chi connectivity index (χ2v) is 4.44. The number of nitrogens with two attached hydrogens (primary N) is 1. The molecule has 0 unspecified atom stereocenters. The Morgan fingerprint density at radius 1 is 1.16 bits per heavy atom. The molecule has 0 saturated heterocycles. The maximum atomic E-state index is 13.8. The molecule has 0 saturated carbocycles. The second kappa shape index (κ2) is 5.10. The predicted octanol–water partition coefficient (Wildman–Crippen LogP) is 3.19. The van der Waals surface area contributed by atoms with E-state index in [1.54, 1.807) is 30.1 Å². The number of amidine groups is 1. The van der Waals surface area contributed by atoms with Gasteiger partial charge in [-0.25, -0.2) is 4.39 Å². The zero-order valence-corrected chi connectivity index (χ0v) is 10.9. The molecule has 0 amide bonds. The van der Waals surface area contributed by atoms with Gasteiger partial charge in [0.2, 0.25) is 0 Å². The molecule has 0 radical (unpaired) electrons. The van der Waals surface area contributed by atoms with Gasteiger partial charge in [-0.05, 0) is 31.2 Å². The van der Waals surface area contributed by atoms with Crippen molar-refractivity contribution in [1.29, 1.82) is 5.41 Å². The van der Waals surface area contributed by atoms with Gasteiger partial charge >= 0.3 is 0 Å². The Morgan fingerprint density at radius 3 is 2.47 bits per heavy atom. The van der Waals surface area contributed by atoms with Gasteiger partial charge in [-0.15, -0.1) is 0 Å². The summed E-state index contributed by atoms with van der Waals surface area (Å²) < 4.78 is 13.8. The number of nitrogens with one attached hydrogen (secondary N) is 1. The zero-order valence-electron chi connectivity index (χ0n) is 10.9. The van der Waals surface area contributed by atoms with E-state index in [4.69, 9.17) is 11.1 Å². The van der Waals surface area contributed by atoms with E-state index >= 15 is 0 Å². The number of anilines is 2. The first kappa shape index (κ1) is 13.1. The summed E-state index contributed by atoms with van der Waals surface area (Å²) in [5, 5.41) is 7.64. The molecule has 4 heteroatoms. The van der Waals surface area contributed by atoms with E-state index in [1.807, 2.05) is 25.1 Å². The lowest BCUT2D eigenvalue weighted by Gasteiger charge is -2.23. The summed E-state index contributed by atoms with van der Waals surface area (Å²) in [6.07, 6.45) is 0. The molecule has 0 atom stereocenters. The first-order valence-electron chi connectivity index (χ1n) is 5.94. The van der Waals surface area contributed by atoms with Gasteiger partial charge in [0.05, 0.1) is 11.4 Å². The number of rotatable bonds is 3. The van der Waals surface area contributed by atoms with E-state index in [0.717, 1.165) is 5.56 Å². The molecule has 3 nitrogen and oxygen atoms in total. The van der Waals surface area contributed by atoms with Gasteiger partial charge in [-0.1, -0.05) is 23.8 Å². The summed E-state index contributed by atoms with van der Waals surface area (Å²) in [4.78, 5) is 1.70. The first-order chi connectivity index (χ1) is 9.00. The SMILES string of the molecule is Cc1ccc(N(C)c2ccccc2F)c(C(=N)N)c1. The monoisotopic (exact) mass is 257 g/mol. The topological polar surface area (TPSA) is 53.1 Å². The minimum atomic E-state index is -0.305. The Morgan fingerprint density at radius 2 is 1.84 bits per heavy atom. The number of benzene rings is 2. The molecule has 3 N–H and O–H groups in total. The summed E-state index contributed by atoms with van der Waals surface area (Å²) in [5.74, 6) is -0.332. The molecule has 0 heterocycles. The highest BCUT2D eigenvalue weighted by atomic mass is 19.1. The van der Waals surface area contributed by atoms with Crippen molar-refractivity contribution < 1.29 is 4.39 Å². The van der Waals surface area contributed by atoms with E-state index in [0.29, 0.717) is 16.9 Å². The van der Waals surface area contributed by atoms with Crippen LogP contribution in [0.1, 0.15) is 11.1 Å². The molecule has 98 valence electrons. The fourth-order valence-electron chi connectivity index (χ4n) is 2.01. The molecule has 2 rings (SSSR count). The fourth-order valence-corrected chi connectivity index (χ4v) is 2.01. The number of halogens is 1. The average molecular weight is 257 g/mol. The summed E-state index contributed by atoms with van der Waals surface area (Å²) >= 11 is 0. The van der Waals surface area contributed by atoms with Crippen molar-refractivity contribution in [2.75, 3.05) is 11.9 Å². The third-order valence-electron chi connectivity index (χ3n) is 3.02. The van der Waals surface area contributed by atoms with Gasteiger partial charge in [0.1, 0.15) is 11.7 Å². The highest BCUT2D eigenvalue weighted by Gasteiger charge is 2.14.